The number of benzene rings is 1. The molecule has 2 aliphatic rings. The van der Waals surface area contributed by atoms with Crippen LogP contribution < -0.4 is 9.64 Å². The summed E-state index contributed by atoms with van der Waals surface area (Å²) >= 11 is 0. The Kier molecular flexibility index (Phi) is 6.07. The van der Waals surface area contributed by atoms with E-state index in [1.54, 1.807) is 6.92 Å². The third-order valence-corrected chi connectivity index (χ3v) is 6.64. The van der Waals surface area contributed by atoms with E-state index in [1.807, 2.05) is 4.90 Å². The van der Waals surface area contributed by atoms with Gasteiger partial charge >= 0.3 is 24.4 Å². The van der Waals surface area contributed by atoms with Gasteiger partial charge in [0.15, 0.2) is 11.6 Å². The Morgan fingerprint density at radius 3 is 2.22 bits per heavy atom. The first-order valence-electron chi connectivity index (χ1n) is 11.4. The van der Waals surface area contributed by atoms with Gasteiger partial charge in [0.25, 0.3) is 0 Å². The molecule has 8 nitrogen and oxygen atoms in total. The summed E-state index contributed by atoms with van der Waals surface area (Å²) in [6.45, 7) is 1.67. The van der Waals surface area contributed by atoms with Crippen LogP contribution in [0.15, 0.2) is 28.8 Å². The van der Waals surface area contributed by atoms with E-state index in [0.29, 0.717) is 36.0 Å². The van der Waals surface area contributed by atoms with Crippen molar-refractivity contribution in [3.8, 4) is 11.8 Å². The predicted molar refractivity (Wildman–Crippen MR) is 112 cm³/mol. The molecule has 36 heavy (non-hydrogen) atoms. The average Bonchev–Trinajstić information content (AvgIpc) is 3.43. The zero-order chi connectivity index (χ0) is 25.7. The van der Waals surface area contributed by atoms with Crippen LogP contribution in [0.5, 0.6) is 11.8 Å². The topological polar surface area (TPSA) is 82.1 Å². The lowest BCUT2D eigenvalue weighted by Gasteiger charge is -2.36. The zero-order valence-corrected chi connectivity index (χ0v) is 19.1. The summed E-state index contributed by atoms with van der Waals surface area (Å²) in [7, 11) is 0. The van der Waals surface area contributed by atoms with E-state index in [-0.39, 0.29) is 29.3 Å². The number of rotatable bonds is 6. The third kappa shape index (κ3) is 5.26. The van der Waals surface area contributed by atoms with E-state index in [4.69, 9.17) is 9.26 Å². The molecule has 2 unspecified atom stereocenters. The molecule has 5 rings (SSSR count). The zero-order valence-electron chi connectivity index (χ0n) is 19.1. The number of anilines is 1. The summed E-state index contributed by atoms with van der Waals surface area (Å²) in [5, 5.41) is 7.88. The molecule has 0 radical (unpaired) electrons. The highest BCUT2D eigenvalue weighted by molar-refractivity contribution is 5.31. The van der Waals surface area contributed by atoms with Crippen molar-refractivity contribution in [2.75, 3.05) is 18.0 Å². The Balaban J connectivity index is 1.33. The molecule has 1 aromatic carbocycles. The molecule has 0 N–H and O–H groups in total. The molecule has 3 aromatic rings. The Hall–Kier alpha value is -3.32. The van der Waals surface area contributed by atoms with Gasteiger partial charge in [-0.05, 0) is 61.8 Å². The quantitative estimate of drug-likeness (QED) is 0.424. The minimum absolute atomic E-state index is 0.0754. The monoisotopic (exact) mass is 516 g/mol. The molecule has 1 saturated heterocycles. The molecule has 194 valence electrons. The average molecular weight is 516 g/mol. The second kappa shape index (κ2) is 8.96. The van der Waals surface area contributed by atoms with E-state index in [2.05, 4.69) is 20.2 Å². The maximum atomic E-state index is 13.2. The van der Waals surface area contributed by atoms with Gasteiger partial charge in [0.1, 0.15) is 12.3 Å². The van der Waals surface area contributed by atoms with Crippen molar-refractivity contribution in [3.05, 3.63) is 41.5 Å². The van der Waals surface area contributed by atoms with E-state index in [1.165, 1.54) is 0 Å². The SMILES string of the molecule is Cc1noc(N2CC3CCC(C2)C3Cc2nc(Oc3ccc(C(F)(F)F)cc3)n(CC(F)(F)F)n2)n1. The van der Waals surface area contributed by atoms with Gasteiger partial charge in [-0.25, -0.2) is 4.68 Å². The highest BCUT2D eigenvalue weighted by Gasteiger charge is 2.44. The molecule has 1 aliphatic heterocycles. The van der Waals surface area contributed by atoms with E-state index >= 15 is 0 Å². The highest BCUT2D eigenvalue weighted by Crippen LogP contribution is 2.44. The lowest BCUT2D eigenvalue weighted by atomic mass is 9.82. The summed E-state index contributed by atoms with van der Waals surface area (Å²) in [5.74, 6) is 1.33. The lowest BCUT2D eigenvalue weighted by Crippen LogP contribution is -2.43. The number of ether oxygens (including phenoxy) is 1. The molecule has 1 aliphatic carbocycles. The first-order valence-corrected chi connectivity index (χ1v) is 11.4. The molecule has 2 fully saturated rings. The number of alkyl halides is 6. The van der Waals surface area contributed by atoms with Crippen molar-refractivity contribution in [2.45, 2.75) is 45.1 Å². The summed E-state index contributed by atoms with van der Waals surface area (Å²) in [4.78, 5) is 10.5. The second-order valence-electron chi connectivity index (χ2n) is 9.20. The van der Waals surface area contributed by atoms with Crippen molar-refractivity contribution < 1.29 is 35.6 Å². The summed E-state index contributed by atoms with van der Waals surface area (Å²) in [6, 6.07) is 3.68. The van der Waals surface area contributed by atoms with Crippen molar-refractivity contribution >= 4 is 6.01 Å². The Morgan fingerprint density at radius 1 is 1.00 bits per heavy atom. The summed E-state index contributed by atoms with van der Waals surface area (Å²) in [6.07, 6.45) is -6.86. The molecule has 2 aromatic heterocycles. The van der Waals surface area contributed by atoms with E-state index in [0.717, 1.165) is 37.1 Å². The van der Waals surface area contributed by atoms with Crippen molar-refractivity contribution in [1.29, 1.82) is 0 Å². The smallest absolute Gasteiger partial charge is 0.416 e. The number of hydrogen-bond donors (Lipinski definition) is 0. The fourth-order valence-corrected chi connectivity index (χ4v) is 5.07. The number of aryl methyl sites for hydroxylation is 1. The lowest BCUT2D eigenvalue weighted by molar-refractivity contribution is -0.143. The minimum Gasteiger partial charge on any atom is -0.424 e. The van der Waals surface area contributed by atoms with Crippen LogP contribution in [-0.4, -0.2) is 44.2 Å². The Bertz CT molecular complexity index is 1190. The van der Waals surface area contributed by atoms with Crippen LogP contribution in [0, 0.1) is 24.7 Å². The van der Waals surface area contributed by atoms with Crippen molar-refractivity contribution in [2.24, 2.45) is 17.8 Å². The van der Waals surface area contributed by atoms with E-state index in [9.17, 15) is 26.3 Å². The van der Waals surface area contributed by atoms with Gasteiger partial charge in [-0.1, -0.05) is 5.16 Å². The first-order chi connectivity index (χ1) is 16.9. The Labute approximate surface area is 201 Å². The fourth-order valence-electron chi connectivity index (χ4n) is 5.07. The van der Waals surface area contributed by atoms with Crippen LogP contribution in [0.25, 0.3) is 0 Å². The normalized spacial score (nSPS) is 22.3. The molecule has 1 saturated carbocycles. The molecule has 2 bridgehead atoms. The van der Waals surface area contributed by atoms with Crippen LogP contribution in [0.4, 0.5) is 32.4 Å². The number of fused-ring (bicyclic) bond motifs is 2. The highest BCUT2D eigenvalue weighted by atomic mass is 19.4. The molecular weight excluding hydrogens is 494 g/mol. The minimum atomic E-state index is -4.59. The van der Waals surface area contributed by atoms with Gasteiger partial charge in [0, 0.05) is 19.5 Å². The first kappa shape index (κ1) is 24.4. The van der Waals surface area contributed by atoms with E-state index < -0.39 is 30.5 Å². The van der Waals surface area contributed by atoms with Crippen molar-refractivity contribution in [3.63, 3.8) is 0 Å². The second-order valence-corrected chi connectivity index (χ2v) is 9.20. The van der Waals surface area contributed by atoms with Gasteiger partial charge < -0.3 is 14.2 Å². The van der Waals surface area contributed by atoms with Crippen LogP contribution in [0.3, 0.4) is 0 Å². The van der Waals surface area contributed by atoms with Crippen LogP contribution in [0.2, 0.25) is 0 Å². The number of aromatic nitrogens is 5. The number of halogens is 6. The van der Waals surface area contributed by atoms with Crippen molar-refractivity contribution in [1.82, 2.24) is 24.9 Å². The third-order valence-electron chi connectivity index (χ3n) is 6.64. The number of piperidine rings is 1. The summed E-state index contributed by atoms with van der Waals surface area (Å²) in [5.41, 5.74) is -0.898. The fraction of sp³-hybridized carbons (Fsp3) is 0.545. The molecule has 3 heterocycles. The van der Waals surface area contributed by atoms with Gasteiger partial charge in [0.2, 0.25) is 0 Å². The number of nitrogens with zero attached hydrogens (tertiary/aromatic N) is 6. The number of hydrogen-bond acceptors (Lipinski definition) is 7. The predicted octanol–water partition coefficient (Wildman–Crippen LogP) is 5.05. The maximum Gasteiger partial charge on any atom is 0.416 e. The maximum absolute atomic E-state index is 13.2. The Morgan fingerprint density at radius 2 is 1.67 bits per heavy atom. The van der Waals surface area contributed by atoms with Gasteiger partial charge in [-0.15, -0.1) is 0 Å². The van der Waals surface area contributed by atoms with Gasteiger partial charge in [-0.3, -0.25) is 0 Å². The molecule has 2 atom stereocenters. The van der Waals surface area contributed by atoms with Gasteiger partial charge in [-0.2, -0.15) is 41.4 Å². The molecule has 14 heteroatoms. The van der Waals surface area contributed by atoms with Gasteiger partial charge in [0.05, 0.1) is 5.56 Å². The molecule has 0 amide bonds. The van der Waals surface area contributed by atoms with Crippen LogP contribution in [0.1, 0.15) is 30.1 Å². The summed E-state index contributed by atoms with van der Waals surface area (Å²) < 4.78 is 89.2. The molecular formula is C22H22F6N6O2. The molecule has 0 spiro atoms. The standard InChI is InChI=1S/C22H22F6N6O2/c1-12-29-19(36-32-12)33-9-13-2-3-14(10-33)17(13)8-18-30-20(34(31-18)11-21(23,24)25)35-16-6-4-15(5-7-16)22(26,27)28/h4-7,13-14,17H,2-3,8-11H2,1H3. The van der Waals surface area contributed by atoms with Crippen LogP contribution in [-0.2, 0) is 19.1 Å². The largest absolute Gasteiger partial charge is 0.424 e. The van der Waals surface area contributed by atoms with Crippen LogP contribution >= 0.6 is 0 Å².